The number of nitrogens with one attached hydrogen (secondary N) is 1. The average molecular weight is 262 g/mol. The van der Waals surface area contributed by atoms with Crippen LogP contribution in [0, 0.1) is 5.92 Å². The molecule has 0 atom stereocenters. The molecule has 108 valence electrons. The predicted octanol–water partition coefficient (Wildman–Crippen LogP) is 4.06. The Kier molecular flexibility index (Phi) is 7.57. The third-order valence-electron chi connectivity index (χ3n) is 3.90. The second kappa shape index (κ2) is 8.98. The van der Waals surface area contributed by atoms with Crippen LogP contribution in [-0.2, 0) is 6.54 Å². The van der Waals surface area contributed by atoms with E-state index in [-0.39, 0.29) is 0 Å². The van der Waals surface area contributed by atoms with Crippen molar-refractivity contribution >= 4 is 5.69 Å². The quantitative estimate of drug-likeness (QED) is 0.722. The van der Waals surface area contributed by atoms with Crippen LogP contribution in [-0.4, -0.2) is 19.6 Å². The van der Waals surface area contributed by atoms with Gasteiger partial charge in [-0.25, -0.2) is 0 Å². The van der Waals surface area contributed by atoms with E-state index < -0.39 is 0 Å². The van der Waals surface area contributed by atoms with Crippen LogP contribution in [0.25, 0.3) is 0 Å². The van der Waals surface area contributed by atoms with Crippen LogP contribution in [0.1, 0.15) is 46.1 Å². The van der Waals surface area contributed by atoms with E-state index in [9.17, 15) is 0 Å². The van der Waals surface area contributed by atoms with E-state index in [1.807, 2.05) is 0 Å². The van der Waals surface area contributed by atoms with Crippen molar-refractivity contribution in [3.8, 4) is 0 Å². The Morgan fingerprint density at radius 3 is 2.11 bits per heavy atom. The van der Waals surface area contributed by atoms with Crippen LogP contribution in [0.5, 0.6) is 0 Å². The van der Waals surface area contributed by atoms with Gasteiger partial charge in [0.2, 0.25) is 0 Å². The molecule has 0 fully saturated rings. The maximum Gasteiger partial charge on any atom is 0.0366 e. The van der Waals surface area contributed by atoms with Gasteiger partial charge in [0.25, 0.3) is 0 Å². The zero-order chi connectivity index (χ0) is 14.1. The molecule has 0 unspecified atom stereocenters. The number of rotatable bonds is 9. The molecule has 1 rings (SSSR count). The molecular formula is C17H30N2. The molecule has 0 spiro atoms. The minimum atomic E-state index is 0.807. The van der Waals surface area contributed by atoms with Crippen molar-refractivity contribution in [2.45, 2.75) is 47.1 Å². The molecule has 0 aliphatic carbocycles. The first-order valence-corrected chi connectivity index (χ1v) is 7.79. The van der Waals surface area contributed by atoms with Crippen LogP contribution in [0.3, 0.4) is 0 Å². The van der Waals surface area contributed by atoms with Crippen molar-refractivity contribution in [1.29, 1.82) is 0 Å². The maximum atomic E-state index is 3.36. The summed E-state index contributed by atoms with van der Waals surface area (Å²) >= 11 is 0. The fraction of sp³-hybridized carbons (Fsp3) is 0.647. The Hall–Kier alpha value is -1.02. The lowest BCUT2D eigenvalue weighted by molar-refractivity contribution is 0.486. The van der Waals surface area contributed by atoms with Gasteiger partial charge in [-0.15, -0.1) is 0 Å². The van der Waals surface area contributed by atoms with Crippen molar-refractivity contribution in [3.63, 3.8) is 0 Å². The molecule has 1 aromatic carbocycles. The molecule has 0 amide bonds. The largest absolute Gasteiger partial charge is 0.372 e. The van der Waals surface area contributed by atoms with Crippen LogP contribution >= 0.6 is 0 Å². The molecule has 0 aromatic heterocycles. The molecule has 0 heterocycles. The monoisotopic (exact) mass is 262 g/mol. The normalized spacial score (nSPS) is 11.0. The van der Waals surface area contributed by atoms with Gasteiger partial charge in [0.05, 0.1) is 0 Å². The minimum absolute atomic E-state index is 0.807. The number of anilines is 1. The zero-order valence-electron chi connectivity index (χ0n) is 13.1. The third-order valence-corrected chi connectivity index (χ3v) is 3.90. The molecule has 0 aliphatic heterocycles. The summed E-state index contributed by atoms with van der Waals surface area (Å²) in [6.45, 7) is 13.2. The lowest BCUT2D eigenvalue weighted by atomic mass is 10.0. The van der Waals surface area contributed by atoms with Crippen LogP contribution < -0.4 is 10.2 Å². The Morgan fingerprint density at radius 2 is 1.63 bits per heavy atom. The Bertz CT molecular complexity index is 328. The maximum absolute atomic E-state index is 3.36. The molecule has 19 heavy (non-hydrogen) atoms. The summed E-state index contributed by atoms with van der Waals surface area (Å²) in [6.07, 6.45) is 2.54. The summed E-state index contributed by atoms with van der Waals surface area (Å²) in [6, 6.07) is 9.01. The highest BCUT2D eigenvalue weighted by molar-refractivity contribution is 5.47. The van der Waals surface area contributed by atoms with Gasteiger partial charge in [0.1, 0.15) is 0 Å². The topological polar surface area (TPSA) is 15.3 Å². The summed E-state index contributed by atoms with van der Waals surface area (Å²) in [4.78, 5) is 2.49. The molecule has 2 nitrogen and oxygen atoms in total. The molecule has 0 bridgehead atoms. The smallest absolute Gasteiger partial charge is 0.0366 e. The fourth-order valence-electron chi connectivity index (χ4n) is 2.37. The number of hydrogen-bond acceptors (Lipinski definition) is 2. The first kappa shape index (κ1) is 16.0. The highest BCUT2D eigenvalue weighted by Crippen LogP contribution is 2.19. The van der Waals surface area contributed by atoms with E-state index in [0.717, 1.165) is 25.6 Å². The summed E-state index contributed by atoms with van der Waals surface area (Å²) < 4.78 is 0. The molecular weight excluding hydrogens is 232 g/mol. The molecule has 0 saturated heterocycles. The van der Waals surface area contributed by atoms with Crippen LogP contribution in [0.15, 0.2) is 24.3 Å². The Labute approximate surface area is 119 Å². The Morgan fingerprint density at radius 1 is 1.00 bits per heavy atom. The third kappa shape index (κ3) is 5.23. The van der Waals surface area contributed by atoms with E-state index >= 15 is 0 Å². The number of nitrogens with zero attached hydrogens (tertiary/aromatic N) is 1. The van der Waals surface area contributed by atoms with E-state index in [4.69, 9.17) is 0 Å². The van der Waals surface area contributed by atoms with E-state index in [1.54, 1.807) is 0 Å². The van der Waals surface area contributed by atoms with E-state index in [1.165, 1.54) is 30.6 Å². The van der Waals surface area contributed by atoms with Gasteiger partial charge in [-0.1, -0.05) is 45.7 Å². The molecule has 0 aliphatic rings. The van der Waals surface area contributed by atoms with Crippen LogP contribution in [0.2, 0.25) is 0 Å². The first-order chi connectivity index (χ1) is 9.24. The SMILES string of the molecule is CCNCc1ccc(N(CC)CC(CC)CC)cc1. The van der Waals surface area contributed by atoms with Crippen LogP contribution in [0.4, 0.5) is 5.69 Å². The van der Waals surface area contributed by atoms with Gasteiger partial charge in [-0.3, -0.25) is 0 Å². The summed E-state index contributed by atoms with van der Waals surface area (Å²) in [5, 5.41) is 3.36. The number of benzene rings is 1. The lowest BCUT2D eigenvalue weighted by Crippen LogP contribution is -2.28. The van der Waals surface area contributed by atoms with Crippen molar-refractivity contribution in [1.82, 2.24) is 5.32 Å². The molecule has 0 saturated carbocycles. The fourth-order valence-corrected chi connectivity index (χ4v) is 2.37. The Balaban J connectivity index is 2.65. The summed E-state index contributed by atoms with van der Waals surface area (Å²) in [5.74, 6) is 0.807. The minimum Gasteiger partial charge on any atom is -0.372 e. The average Bonchev–Trinajstić information content (AvgIpc) is 2.47. The van der Waals surface area contributed by atoms with Gasteiger partial charge in [0, 0.05) is 25.3 Å². The summed E-state index contributed by atoms with van der Waals surface area (Å²) in [7, 11) is 0. The van der Waals surface area contributed by atoms with E-state index in [0.29, 0.717) is 0 Å². The van der Waals surface area contributed by atoms with Crippen molar-refractivity contribution in [2.75, 3.05) is 24.5 Å². The molecule has 0 radical (unpaired) electrons. The second-order valence-corrected chi connectivity index (χ2v) is 5.17. The van der Waals surface area contributed by atoms with Gasteiger partial charge < -0.3 is 10.2 Å². The van der Waals surface area contributed by atoms with E-state index in [2.05, 4.69) is 62.2 Å². The first-order valence-electron chi connectivity index (χ1n) is 7.79. The standard InChI is InChI=1S/C17H30N2/c1-5-15(6-2)14-19(8-4)17-11-9-16(10-12-17)13-18-7-3/h9-12,15,18H,5-8,13-14H2,1-4H3. The van der Waals surface area contributed by atoms with Gasteiger partial charge in [-0.05, 0) is 37.1 Å². The van der Waals surface area contributed by atoms with Gasteiger partial charge in [0.15, 0.2) is 0 Å². The molecule has 2 heteroatoms. The second-order valence-electron chi connectivity index (χ2n) is 5.17. The summed E-state index contributed by atoms with van der Waals surface area (Å²) in [5.41, 5.74) is 2.72. The highest BCUT2D eigenvalue weighted by atomic mass is 15.1. The van der Waals surface area contributed by atoms with Crippen molar-refractivity contribution in [2.24, 2.45) is 5.92 Å². The molecule has 1 aromatic rings. The van der Waals surface area contributed by atoms with Crippen molar-refractivity contribution < 1.29 is 0 Å². The number of hydrogen-bond donors (Lipinski definition) is 1. The van der Waals surface area contributed by atoms with Gasteiger partial charge >= 0.3 is 0 Å². The zero-order valence-corrected chi connectivity index (χ0v) is 13.1. The predicted molar refractivity (Wildman–Crippen MR) is 85.8 cm³/mol. The lowest BCUT2D eigenvalue weighted by Gasteiger charge is -2.27. The molecule has 1 N–H and O–H groups in total. The van der Waals surface area contributed by atoms with Crippen molar-refractivity contribution in [3.05, 3.63) is 29.8 Å². The van der Waals surface area contributed by atoms with Gasteiger partial charge in [-0.2, -0.15) is 0 Å². The highest BCUT2D eigenvalue weighted by Gasteiger charge is 2.10.